The lowest BCUT2D eigenvalue weighted by Gasteiger charge is -2.05. The molecule has 0 bridgehead atoms. The van der Waals surface area contributed by atoms with Gasteiger partial charge in [-0.25, -0.2) is 0 Å². The molecule has 0 unspecified atom stereocenters. The predicted molar refractivity (Wildman–Crippen MR) is 66.9 cm³/mol. The number of unbranched alkanes of at least 4 members (excludes halogenated alkanes) is 3. The van der Waals surface area contributed by atoms with Crippen molar-refractivity contribution in [1.82, 2.24) is 0 Å². The van der Waals surface area contributed by atoms with Gasteiger partial charge in [0.25, 0.3) is 0 Å². The number of rotatable bonds is 13. The standard InChI is InChI=1S/C13H28O3/c1-3-5-6-7-9-15-12-13-16-11-8-10-14-4-2/h3-13H2,1-2H3. The van der Waals surface area contributed by atoms with Gasteiger partial charge in [0.1, 0.15) is 0 Å². The van der Waals surface area contributed by atoms with Crippen LogP contribution in [0.2, 0.25) is 0 Å². The molecule has 0 aromatic carbocycles. The van der Waals surface area contributed by atoms with Crippen LogP contribution in [0.5, 0.6) is 0 Å². The van der Waals surface area contributed by atoms with Crippen molar-refractivity contribution in [3.63, 3.8) is 0 Å². The normalized spacial score (nSPS) is 10.9. The molecule has 98 valence electrons. The average Bonchev–Trinajstić information content (AvgIpc) is 2.31. The van der Waals surface area contributed by atoms with Crippen molar-refractivity contribution in [3.05, 3.63) is 0 Å². The Hall–Kier alpha value is -0.120. The first kappa shape index (κ1) is 15.9. The largest absolute Gasteiger partial charge is 0.382 e. The Bertz CT molecular complexity index is 104. The summed E-state index contributed by atoms with van der Waals surface area (Å²) in [5, 5.41) is 0. The molecular formula is C13H28O3. The van der Waals surface area contributed by atoms with E-state index >= 15 is 0 Å². The van der Waals surface area contributed by atoms with Crippen LogP contribution in [0.25, 0.3) is 0 Å². The van der Waals surface area contributed by atoms with Crippen molar-refractivity contribution in [2.45, 2.75) is 46.0 Å². The van der Waals surface area contributed by atoms with Crippen molar-refractivity contribution in [3.8, 4) is 0 Å². The average molecular weight is 232 g/mol. The molecule has 0 aromatic rings. The van der Waals surface area contributed by atoms with Crippen LogP contribution in [0.4, 0.5) is 0 Å². The van der Waals surface area contributed by atoms with Crippen molar-refractivity contribution in [2.24, 2.45) is 0 Å². The molecule has 0 radical (unpaired) electrons. The summed E-state index contributed by atoms with van der Waals surface area (Å²) in [6.07, 6.45) is 6.04. The van der Waals surface area contributed by atoms with Crippen LogP contribution >= 0.6 is 0 Å². The Morgan fingerprint density at radius 1 is 0.562 bits per heavy atom. The maximum atomic E-state index is 5.45. The summed E-state index contributed by atoms with van der Waals surface area (Å²) in [6, 6.07) is 0. The van der Waals surface area contributed by atoms with E-state index in [-0.39, 0.29) is 0 Å². The van der Waals surface area contributed by atoms with E-state index in [0.29, 0.717) is 6.61 Å². The highest BCUT2D eigenvalue weighted by molar-refractivity contribution is 4.40. The molecular weight excluding hydrogens is 204 g/mol. The lowest BCUT2D eigenvalue weighted by atomic mass is 10.2. The van der Waals surface area contributed by atoms with Crippen LogP contribution in [0.15, 0.2) is 0 Å². The van der Waals surface area contributed by atoms with E-state index in [1.165, 1.54) is 25.7 Å². The Morgan fingerprint density at radius 3 is 1.81 bits per heavy atom. The van der Waals surface area contributed by atoms with Crippen molar-refractivity contribution in [1.29, 1.82) is 0 Å². The van der Waals surface area contributed by atoms with Gasteiger partial charge in [-0.1, -0.05) is 26.2 Å². The molecule has 3 nitrogen and oxygen atoms in total. The quantitative estimate of drug-likeness (QED) is 0.457. The molecule has 0 saturated heterocycles. The van der Waals surface area contributed by atoms with E-state index < -0.39 is 0 Å². The molecule has 0 aromatic heterocycles. The Kier molecular flexibility index (Phi) is 14.8. The second kappa shape index (κ2) is 14.9. The zero-order valence-electron chi connectivity index (χ0n) is 11.0. The highest BCUT2D eigenvalue weighted by atomic mass is 16.5. The van der Waals surface area contributed by atoms with E-state index in [2.05, 4.69) is 6.92 Å². The van der Waals surface area contributed by atoms with Crippen molar-refractivity contribution in [2.75, 3.05) is 39.6 Å². The van der Waals surface area contributed by atoms with Gasteiger partial charge < -0.3 is 14.2 Å². The van der Waals surface area contributed by atoms with E-state index in [1.54, 1.807) is 0 Å². The smallest absolute Gasteiger partial charge is 0.0700 e. The van der Waals surface area contributed by atoms with Gasteiger partial charge in [0, 0.05) is 26.4 Å². The molecule has 16 heavy (non-hydrogen) atoms. The molecule has 0 spiro atoms. The Morgan fingerprint density at radius 2 is 1.19 bits per heavy atom. The summed E-state index contributed by atoms with van der Waals surface area (Å²) in [5.74, 6) is 0. The molecule has 0 aliphatic carbocycles. The lowest BCUT2D eigenvalue weighted by Crippen LogP contribution is -2.07. The molecule has 0 atom stereocenters. The number of hydrogen-bond donors (Lipinski definition) is 0. The maximum Gasteiger partial charge on any atom is 0.0700 e. The van der Waals surface area contributed by atoms with Crippen LogP contribution in [0, 0.1) is 0 Å². The summed E-state index contributed by atoms with van der Waals surface area (Å²) in [6.45, 7) is 8.90. The molecule has 0 fully saturated rings. The first-order valence-electron chi connectivity index (χ1n) is 6.65. The first-order chi connectivity index (χ1) is 7.91. The summed E-state index contributed by atoms with van der Waals surface area (Å²) in [5.41, 5.74) is 0. The fourth-order valence-corrected chi connectivity index (χ4v) is 1.36. The predicted octanol–water partition coefficient (Wildman–Crippen LogP) is 3.03. The van der Waals surface area contributed by atoms with Gasteiger partial charge in [0.2, 0.25) is 0 Å². The summed E-state index contributed by atoms with van der Waals surface area (Å²) in [4.78, 5) is 0. The second-order valence-corrected chi connectivity index (χ2v) is 3.84. The van der Waals surface area contributed by atoms with E-state index in [1.807, 2.05) is 6.92 Å². The molecule has 0 heterocycles. The molecule has 0 aliphatic rings. The van der Waals surface area contributed by atoms with Gasteiger partial charge in [0.05, 0.1) is 13.2 Å². The third-order valence-corrected chi connectivity index (χ3v) is 2.30. The van der Waals surface area contributed by atoms with Crippen LogP contribution in [0.3, 0.4) is 0 Å². The fourth-order valence-electron chi connectivity index (χ4n) is 1.36. The minimum atomic E-state index is 0.708. The Balaban J connectivity index is 2.83. The van der Waals surface area contributed by atoms with Crippen molar-refractivity contribution < 1.29 is 14.2 Å². The molecule has 0 amide bonds. The summed E-state index contributed by atoms with van der Waals surface area (Å²) < 4.78 is 16.1. The van der Waals surface area contributed by atoms with Gasteiger partial charge in [-0.15, -0.1) is 0 Å². The fraction of sp³-hybridized carbons (Fsp3) is 1.00. The number of hydrogen-bond acceptors (Lipinski definition) is 3. The van der Waals surface area contributed by atoms with E-state index in [4.69, 9.17) is 14.2 Å². The zero-order valence-corrected chi connectivity index (χ0v) is 11.0. The van der Waals surface area contributed by atoms with Crippen molar-refractivity contribution >= 4 is 0 Å². The third-order valence-electron chi connectivity index (χ3n) is 2.30. The van der Waals surface area contributed by atoms with Crippen LogP contribution in [-0.4, -0.2) is 39.6 Å². The highest BCUT2D eigenvalue weighted by Gasteiger charge is 1.91. The lowest BCUT2D eigenvalue weighted by molar-refractivity contribution is 0.0357. The summed E-state index contributed by atoms with van der Waals surface area (Å²) >= 11 is 0. The third kappa shape index (κ3) is 13.9. The van der Waals surface area contributed by atoms with Crippen LogP contribution < -0.4 is 0 Å². The molecule has 0 rings (SSSR count). The number of ether oxygens (including phenoxy) is 3. The second-order valence-electron chi connectivity index (χ2n) is 3.84. The molecule has 0 saturated carbocycles. The first-order valence-corrected chi connectivity index (χ1v) is 6.65. The zero-order chi connectivity index (χ0) is 11.9. The minimum Gasteiger partial charge on any atom is -0.382 e. The van der Waals surface area contributed by atoms with Gasteiger partial charge in [-0.05, 0) is 19.8 Å². The van der Waals surface area contributed by atoms with Crippen LogP contribution in [0.1, 0.15) is 46.0 Å². The Labute approximate surface area is 100 Å². The summed E-state index contributed by atoms with van der Waals surface area (Å²) in [7, 11) is 0. The monoisotopic (exact) mass is 232 g/mol. The van der Waals surface area contributed by atoms with E-state index in [0.717, 1.165) is 39.5 Å². The molecule has 0 N–H and O–H groups in total. The molecule has 3 heteroatoms. The van der Waals surface area contributed by atoms with Gasteiger partial charge in [-0.3, -0.25) is 0 Å². The van der Waals surface area contributed by atoms with Gasteiger partial charge in [0.15, 0.2) is 0 Å². The van der Waals surface area contributed by atoms with E-state index in [9.17, 15) is 0 Å². The molecule has 0 aliphatic heterocycles. The topological polar surface area (TPSA) is 27.7 Å². The highest BCUT2D eigenvalue weighted by Crippen LogP contribution is 1.98. The van der Waals surface area contributed by atoms with Crippen LogP contribution in [-0.2, 0) is 14.2 Å². The minimum absolute atomic E-state index is 0.708. The van der Waals surface area contributed by atoms with Gasteiger partial charge in [-0.2, -0.15) is 0 Å². The SMILES string of the molecule is CCCCCCOCCOCCCOCC. The maximum absolute atomic E-state index is 5.45. The van der Waals surface area contributed by atoms with Gasteiger partial charge >= 0.3 is 0 Å².